The molecule has 0 bridgehead atoms. The summed E-state index contributed by atoms with van der Waals surface area (Å²) in [6.07, 6.45) is 1.71. The Kier molecular flexibility index (Phi) is 5.75. The van der Waals surface area contributed by atoms with Gasteiger partial charge in [0.2, 0.25) is 0 Å². The summed E-state index contributed by atoms with van der Waals surface area (Å²) in [5.74, 6) is -1.45. The number of aromatic nitrogens is 2. The third kappa shape index (κ3) is 4.37. The molecular formula is C12H17N3O4S. The molecule has 1 amide bonds. The lowest BCUT2D eigenvalue weighted by molar-refractivity contribution is -0.137. The number of carboxylic acid groups (broad SMARTS) is 1. The van der Waals surface area contributed by atoms with E-state index in [9.17, 15) is 14.4 Å². The molecule has 20 heavy (non-hydrogen) atoms. The lowest BCUT2D eigenvalue weighted by atomic mass is 10.1. The van der Waals surface area contributed by atoms with Crippen molar-refractivity contribution in [1.29, 1.82) is 0 Å². The van der Waals surface area contributed by atoms with Crippen molar-refractivity contribution in [3.63, 3.8) is 0 Å². The van der Waals surface area contributed by atoms with Crippen molar-refractivity contribution < 1.29 is 14.7 Å². The van der Waals surface area contributed by atoms with Gasteiger partial charge in [0.1, 0.15) is 5.03 Å². The lowest BCUT2D eigenvalue weighted by Gasteiger charge is -2.13. The highest BCUT2D eigenvalue weighted by Crippen LogP contribution is 2.17. The van der Waals surface area contributed by atoms with Crippen LogP contribution in [0.4, 0.5) is 0 Å². The zero-order chi connectivity index (χ0) is 15.3. The molecular weight excluding hydrogens is 282 g/mol. The summed E-state index contributed by atoms with van der Waals surface area (Å²) in [6, 6.07) is 0. The van der Waals surface area contributed by atoms with Crippen LogP contribution in [0.5, 0.6) is 0 Å². The van der Waals surface area contributed by atoms with Crippen molar-refractivity contribution >= 4 is 23.6 Å². The molecule has 0 saturated carbocycles. The first-order valence-electron chi connectivity index (χ1n) is 6.00. The second kappa shape index (κ2) is 7.09. The van der Waals surface area contributed by atoms with Gasteiger partial charge in [-0.3, -0.25) is 9.59 Å². The Balaban J connectivity index is 2.83. The predicted molar refractivity (Wildman–Crippen MR) is 75.1 cm³/mol. The molecule has 1 aromatic heterocycles. The standard InChI is InChI=1S/C12H17N3O4S/c1-6(4-8(16)17)5-13-10(18)9-7(2)14-12(19)15-11(9)20-3/h6H,4-5H2,1-3H3,(H,13,18)(H,16,17)(H,14,15,19). The van der Waals surface area contributed by atoms with Gasteiger partial charge in [0, 0.05) is 18.7 Å². The maximum atomic E-state index is 12.1. The van der Waals surface area contributed by atoms with Gasteiger partial charge in [-0.1, -0.05) is 6.92 Å². The van der Waals surface area contributed by atoms with E-state index in [1.165, 1.54) is 11.8 Å². The highest BCUT2D eigenvalue weighted by atomic mass is 32.2. The number of rotatable bonds is 6. The number of nitrogens with one attached hydrogen (secondary N) is 2. The van der Waals surface area contributed by atoms with Crippen LogP contribution < -0.4 is 11.0 Å². The van der Waals surface area contributed by atoms with Gasteiger partial charge in [-0.05, 0) is 19.1 Å². The number of carbonyl (C=O) groups excluding carboxylic acids is 1. The van der Waals surface area contributed by atoms with Crippen LogP contribution in [0.25, 0.3) is 0 Å². The first-order valence-corrected chi connectivity index (χ1v) is 7.22. The van der Waals surface area contributed by atoms with Crippen LogP contribution in [0.3, 0.4) is 0 Å². The predicted octanol–water partition coefficient (Wildman–Crippen LogP) is 0.641. The molecule has 110 valence electrons. The lowest BCUT2D eigenvalue weighted by Crippen LogP contribution is -2.31. The first-order chi connectivity index (χ1) is 9.35. The van der Waals surface area contributed by atoms with E-state index in [0.29, 0.717) is 16.3 Å². The average Bonchev–Trinajstić information content (AvgIpc) is 2.34. The minimum absolute atomic E-state index is 0.0154. The van der Waals surface area contributed by atoms with Crippen LogP contribution in [0, 0.1) is 12.8 Å². The highest BCUT2D eigenvalue weighted by molar-refractivity contribution is 7.98. The summed E-state index contributed by atoms with van der Waals surface area (Å²) < 4.78 is 0. The summed E-state index contributed by atoms with van der Waals surface area (Å²) in [4.78, 5) is 40.1. The number of aromatic amines is 1. The molecule has 1 aromatic rings. The van der Waals surface area contributed by atoms with Crippen molar-refractivity contribution in [2.24, 2.45) is 5.92 Å². The molecule has 0 aliphatic heterocycles. The average molecular weight is 299 g/mol. The minimum atomic E-state index is -0.904. The summed E-state index contributed by atoms with van der Waals surface area (Å²) in [5.41, 5.74) is 0.264. The Morgan fingerprint density at radius 1 is 1.50 bits per heavy atom. The van der Waals surface area contributed by atoms with E-state index in [2.05, 4.69) is 15.3 Å². The van der Waals surface area contributed by atoms with Crippen molar-refractivity contribution in [3.8, 4) is 0 Å². The number of hydrogen-bond donors (Lipinski definition) is 3. The maximum absolute atomic E-state index is 12.1. The number of aryl methyl sites for hydroxylation is 1. The fraction of sp³-hybridized carbons (Fsp3) is 0.500. The molecule has 0 spiro atoms. The van der Waals surface area contributed by atoms with Crippen molar-refractivity contribution in [2.45, 2.75) is 25.3 Å². The quantitative estimate of drug-likeness (QED) is 0.525. The Labute approximate surface area is 120 Å². The van der Waals surface area contributed by atoms with E-state index >= 15 is 0 Å². The second-order valence-corrected chi connectivity index (χ2v) is 5.26. The van der Waals surface area contributed by atoms with Crippen molar-refractivity contribution in [3.05, 3.63) is 21.7 Å². The van der Waals surface area contributed by atoms with Crippen LogP contribution in [-0.2, 0) is 4.79 Å². The third-order valence-corrected chi connectivity index (χ3v) is 3.32. The second-order valence-electron chi connectivity index (χ2n) is 4.46. The molecule has 0 aliphatic carbocycles. The summed E-state index contributed by atoms with van der Waals surface area (Å²) >= 11 is 1.21. The van der Waals surface area contributed by atoms with Crippen LogP contribution in [0.1, 0.15) is 29.4 Å². The van der Waals surface area contributed by atoms with Crippen LogP contribution in [0.15, 0.2) is 9.82 Å². The number of carboxylic acids is 1. The molecule has 0 aliphatic rings. The molecule has 7 nitrogen and oxygen atoms in total. The highest BCUT2D eigenvalue weighted by Gasteiger charge is 2.18. The number of amides is 1. The largest absolute Gasteiger partial charge is 0.481 e. The number of thioether (sulfide) groups is 1. The van der Waals surface area contributed by atoms with E-state index in [1.54, 1.807) is 20.1 Å². The molecule has 1 unspecified atom stereocenters. The summed E-state index contributed by atoms with van der Waals surface area (Å²) in [5, 5.41) is 11.7. The van der Waals surface area contributed by atoms with E-state index < -0.39 is 11.7 Å². The van der Waals surface area contributed by atoms with Gasteiger partial charge in [-0.2, -0.15) is 4.98 Å². The molecule has 0 fully saturated rings. The van der Waals surface area contributed by atoms with E-state index in [-0.39, 0.29) is 24.8 Å². The van der Waals surface area contributed by atoms with Crippen LogP contribution >= 0.6 is 11.8 Å². The van der Waals surface area contributed by atoms with Crippen molar-refractivity contribution in [1.82, 2.24) is 15.3 Å². The minimum Gasteiger partial charge on any atom is -0.481 e. The Hall–Kier alpha value is -1.83. The number of hydrogen-bond acceptors (Lipinski definition) is 5. The molecule has 8 heteroatoms. The summed E-state index contributed by atoms with van der Waals surface area (Å²) in [6.45, 7) is 3.61. The number of carbonyl (C=O) groups is 2. The fourth-order valence-electron chi connectivity index (χ4n) is 1.70. The zero-order valence-corrected chi connectivity index (χ0v) is 12.3. The molecule has 1 rings (SSSR count). The molecule has 1 atom stereocenters. The van der Waals surface area contributed by atoms with Gasteiger partial charge < -0.3 is 15.4 Å². The normalized spacial score (nSPS) is 11.9. The molecule has 1 heterocycles. The Bertz CT molecular complexity index is 570. The van der Waals surface area contributed by atoms with Crippen LogP contribution in [-0.4, -0.2) is 39.8 Å². The van der Waals surface area contributed by atoms with Gasteiger partial charge in [-0.25, -0.2) is 4.79 Å². The zero-order valence-electron chi connectivity index (χ0n) is 11.5. The fourth-order valence-corrected chi connectivity index (χ4v) is 2.32. The van der Waals surface area contributed by atoms with Gasteiger partial charge in [0.05, 0.1) is 5.56 Å². The maximum Gasteiger partial charge on any atom is 0.346 e. The third-order valence-electron chi connectivity index (χ3n) is 2.64. The van der Waals surface area contributed by atoms with E-state index in [0.717, 1.165) is 0 Å². The van der Waals surface area contributed by atoms with Gasteiger partial charge in [-0.15, -0.1) is 11.8 Å². The number of aliphatic carboxylic acids is 1. The molecule has 3 N–H and O–H groups in total. The Morgan fingerprint density at radius 3 is 2.70 bits per heavy atom. The topological polar surface area (TPSA) is 112 Å². The SMILES string of the molecule is CSc1nc(=O)[nH]c(C)c1C(=O)NCC(C)CC(=O)O. The molecule has 0 saturated heterocycles. The van der Waals surface area contributed by atoms with Crippen molar-refractivity contribution in [2.75, 3.05) is 12.8 Å². The van der Waals surface area contributed by atoms with Gasteiger partial charge in [0.25, 0.3) is 5.91 Å². The molecule has 0 radical (unpaired) electrons. The van der Waals surface area contributed by atoms with E-state index in [1.807, 2.05) is 0 Å². The smallest absolute Gasteiger partial charge is 0.346 e. The number of H-pyrrole nitrogens is 1. The van der Waals surface area contributed by atoms with Crippen LogP contribution in [0.2, 0.25) is 0 Å². The monoisotopic (exact) mass is 299 g/mol. The number of nitrogens with zero attached hydrogens (tertiary/aromatic N) is 1. The Morgan fingerprint density at radius 2 is 2.15 bits per heavy atom. The molecule has 0 aromatic carbocycles. The first kappa shape index (κ1) is 16.2. The van der Waals surface area contributed by atoms with E-state index in [4.69, 9.17) is 5.11 Å². The van der Waals surface area contributed by atoms with Gasteiger partial charge >= 0.3 is 11.7 Å². The summed E-state index contributed by atoms with van der Waals surface area (Å²) in [7, 11) is 0. The van der Waals surface area contributed by atoms with Gasteiger partial charge in [0.15, 0.2) is 0 Å².